The van der Waals surface area contributed by atoms with E-state index in [9.17, 15) is 14.0 Å². The molecule has 4 rings (SSSR count). The molecule has 0 saturated heterocycles. The summed E-state index contributed by atoms with van der Waals surface area (Å²) in [5.41, 5.74) is 0.518. The lowest BCUT2D eigenvalue weighted by atomic mass is 10.0. The smallest absolute Gasteiger partial charge is 0.280 e. The number of anilines is 1. The van der Waals surface area contributed by atoms with Gasteiger partial charge < -0.3 is 5.32 Å². The molecule has 154 valence electrons. The fourth-order valence-corrected chi connectivity index (χ4v) is 4.13. The van der Waals surface area contributed by atoms with Gasteiger partial charge in [-0.15, -0.1) is 5.10 Å². The normalized spacial score (nSPS) is 15.0. The van der Waals surface area contributed by atoms with Gasteiger partial charge >= 0.3 is 0 Å². The van der Waals surface area contributed by atoms with Crippen molar-refractivity contribution in [2.24, 2.45) is 0 Å². The fraction of sp³-hybridized carbons (Fsp3) is 0.286. The first-order chi connectivity index (χ1) is 14.6. The summed E-state index contributed by atoms with van der Waals surface area (Å²) in [6.07, 6.45) is 6.95. The summed E-state index contributed by atoms with van der Waals surface area (Å²) in [7, 11) is 0. The lowest BCUT2D eigenvalue weighted by molar-refractivity contribution is -0.123. The number of aromatic nitrogens is 3. The zero-order valence-electron chi connectivity index (χ0n) is 16.1. The highest BCUT2D eigenvalue weighted by atomic mass is 32.1. The van der Waals surface area contributed by atoms with Crippen molar-refractivity contribution in [1.29, 1.82) is 0 Å². The quantitative estimate of drug-likeness (QED) is 0.653. The van der Waals surface area contributed by atoms with E-state index < -0.39 is 17.8 Å². The Kier molecular flexibility index (Phi) is 6.08. The minimum atomic E-state index is -1.11. The van der Waals surface area contributed by atoms with Crippen molar-refractivity contribution in [3.05, 3.63) is 71.2 Å². The van der Waals surface area contributed by atoms with E-state index in [1.807, 2.05) is 0 Å². The van der Waals surface area contributed by atoms with Crippen LogP contribution >= 0.6 is 11.5 Å². The number of hydrogen-bond acceptors (Lipinski definition) is 6. The standard InChI is InChI=1S/C21H20FN5O2S/c22-16-9-3-4-10-18(16)27(21(29)17-13-30-26-25-17)19(14-6-5-11-23-12-14)20(28)24-15-7-1-2-8-15/h3-6,9-13,15,19H,1-2,7-8H2,(H,24,28). The minimum Gasteiger partial charge on any atom is -0.351 e. The van der Waals surface area contributed by atoms with E-state index in [0.717, 1.165) is 42.1 Å². The molecule has 1 unspecified atom stereocenters. The number of hydrogen-bond donors (Lipinski definition) is 1. The maximum atomic E-state index is 14.8. The van der Waals surface area contributed by atoms with Gasteiger partial charge in [0.15, 0.2) is 5.69 Å². The highest BCUT2D eigenvalue weighted by Crippen LogP contribution is 2.32. The van der Waals surface area contributed by atoms with Gasteiger partial charge in [-0.25, -0.2) is 4.39 Å². The monoisotopic (exact) mass is 425 g/mol. The number of nitrogens with one attached hydrogen (secondary N) is 1. The van der Waals surface area contributed by atoms with Gasteiger partial charge in [-0.2, -0.15) is 0 Å². The molecule has 1 N–H and O–H groups in total. The van der Waals surface area contributed by atoms with Crippen molar-refractivity contribution in [2.45, 2.75) is 37.8 Å². The van der Waals surface area contributed by atoms with Crippen LogP contribution in [-0.4, -0.2) is 32.4 Å². The zero-order valence-corrected chi connectivity index (χ0v) is 16.9. The van der Waals surface area contributed by atoms with Gasteiger partial charge in [0.1, 0.15) is 11.9 Å². The number of halogens is 1. The van der Waals surface area contributed by atoms with Crippen molar-refractivity contribution in [3.8, 4) is 0 Å². The SMILES string of the molecule is O=C(NC1CCCC1)C(c1cccnc1)N(C(=O)c1csnn1)c1ccccc1F. The molecule has 9 heteroatoms. The van der Waals surface area contributed by atoms with Gasteiger partial charge in [0, 0.05) is 29.4 Å². The molecule has 0 aliphatic heterocycles. The van der Waals surface area contributed by atoms with Gasteiger partial charge in [0.05, 0.1) is 5.69 Å². The zero-order chi connectivity index (χ0) is 20.9. The van der Waals surface area contributed by atoms with Crippen LogP contribution in [0.3, 0.4) is 0 Å². The Labute approximate surface area is 177 Å². The molecule has 1 aromatic carbocycles. The number of benzene rings is 1. The Morgan fingerprint density at radius 2 is 1.97 bits per heavy atom. The number of para-hydroxylation sites is 1. The average molecular weight is 425 g/mol. The van der Waals surface area contributed by atoms with Crippen molar-refractivity contribution >= 4 is 29.0 Å². The number of pyridine rings is 1. The molecule has 3 aromatic rings. The number of nitrogens with zero attached hydrogens (tertiary/aromatic N) is 4. The van der Waals surface area contributed by atoms with Crippen molar-refractivity contribution in [3.63, 3.8) is 0 Å². The second kappa shape index (κ2) is 9.08. The van der Waals surface area contributed by atoms with Crippen molar-refractivity contribution < 1.29 is 14.0 Å². The molecular formula is C21H20FN5O2S. The van der Waals surface area contributed by atoms with Crippen molar-refractivity contribution in [1.82, 2.24) is 19.9 Å². The average Bonchev–Trinajstić information content (AvgIpc) is 3.47. The number of carbonyl (C=O) groups excluding carboxylic acids is 2. The highest BCUT2D eigenvalue weighted by molar-refractivity contribution is 7.03. The predicted octanol–water partition coefficient (Wildman–Crippen LogP) is 3.52. The Balaban J connectivity index is 1.80. The molecule has 0 radical (unpaired) electrons. The maximum absolute atomic E-state index is 14.8. The first-order valence-corrected chi connectivity index (χ1v) is 10.5. The van der Waals surface area contributed by atoms with Crippen molar-refractivity contribution in [2.75, 3.05) is 4.90 Å². The first-order valence-electron chi connectivity index (χ1n) is 9.70. The third-order valence-corrected chi connectivity index (χ3v) is 5.62. The molecular weight excluding hydrogens is 405 g/mol. The molecule has 1 aliphatic carbocycles. The lowest BCUT2D eigenvalue weighted by Crippen LogP contribution is -2.46. The van der Waals surface area contributed by atoms with E-state index in [1.165, 1.54) is 29.8 Å². The van der Waals surface area contributed by atoms with E-state index in [-0.39, 0.29) is 23.3 Å². The fourth-order valence-electron chi connectivity index (χ4n) is 3.70. The molecule has 0 spiro atoms. The molecule has 0 bridgehead atoms. The van der Waals surface area contributed by atoms with Gasteiger partial charge in [-0.3, -0.25) is 19.5 Å². The lowest BCUT2D eigenvalue weighted by Gasteiger charge is -2.31. The molecule has 1 fully saturated rings. The molecule has 2 amide bonds. The molecule has 2 heterocycles. The van der Waals surface area contributed by atoms with Crippen LogP contribution in [0.1, 0.15) is 47.8 Å². The predicted molar refractivity (Wildman–Crippen MR) is 110 cm³/mol. The summed E-state index contributed by atoms with van der Waals surface area (Å²) < 4.78 is 18.6. The van der Waals surface area contributed by atoms with Crippen LogP contribution in [0.25, 0.3) is 0 Å². The van der Waals surface area contributed by atoms with Crippen LogP contribution in [0, 0.1) is 5.82 Å². The summed E-state index contributed by atoms with van der Waals surface area (Å²) in [4.78, 5) is 32.0. The van der Waals surface area contributed by atoms with E-state index in [1.54, 1.807) is 24.4 Å². The van der Waals surface area contributed by atoms with Gasteiger partial charge in [-0.05, 0) is 42.6 Å². The highest BCUT2D eigenvalue weighted by Gasteiger charge is 2.36. The summed E-state index contributed by atoms with van der Waals surface area (Å²) in [6.45, 7) is 0. The minimum absolute atomic E-state index is 0.00840. The van der Waals surface area contributed by atoms with E-state index in [0.29, 0.717) is 5.56 Å². The van der Waals surface area contributed by atoms with Gasteiger partial charge in [0.2, 0.25) is 5.91 Å². The van der Waals surface area contributed by atoms with E-state index in [2.05, 4.69) is 19.9 Å². The van der Waals surface area contributed by atoms with Crippen LogP contribution < -0.4 is 10.2 Å². The van der Waals surface area contributed by atoms with Crippen LogP contribution in [0.2, 0.25) is 0 Å². The number of amides is 2. The summed E-state index contributed by atoms with van der Waals surface area (Å²) in [5, 5.41) is 8.35. The van der Waals surface area contributed by atoms with E-state index >= 15 is 0 Å². The molecule has 2 aromatic heterocycles. The van der Waals surface area contributed by atoms with Gasteiger partial charge in [0.25, 0.3) is 5.91 Å². The Morgan fingerprint density at radius 1 is 1.17 bits per heavy atom. The summed E-state index contributed by atoms with van der Waals surface area (Å²) >= 11 is 1.01. The second-order valence-corrected chi connectivity index (χ2v) is 7.71. The first kappa shape index (κ1) is 20.1. The van der Waals surface area contributed by atoms with E-state index in [4.69, 9.17) is 0 Å². The largest absolute Gasteiger partial charge is 0.351 e. The number of carbonyl (C=O) groups is 2. The number of rotatable bonds is 6. The summed E-state index contributed by atoms with van der Waals surface area (Å²) in [6, 6.07) is 8.19. The topological polar surface area (TPSA) is 88.1 Å². The molecule has 7 nitrogen and oxygen atoms in total. The maximum Gasteiger partial charge on any atom is 0.280 e. The Morgan fingerprint density at radius 3 is 2.63 bits per heavy atom. The van der Waals surface area contributed by atoms with Crippen LogP contribution in [-0.2, 0) is 4.79 Å². The molecule has 1 atom stereocenters. The molecule has 1 saturated carbocycles. The van der Waals surface area contributed by atoms with Gasteiger partial charge in [-0.1, -0.05) is 35.5 Å². The Hall–Kier alpha value is -3.20. The summed E-state index contributed by atoms with van der Waals surface area (Å²) in [5.74, 6) is -1.60. The third-order valence-electron chi connectivity index (χ3n) is 5.12. The third kappa shape index (κ3) is 4.20. The Bertz CT molecular complexity index is 1010. The van der Waals surface area contributed by atoms with Crippen LogP contribution in [0.4, 0.5) is 10.1 Å². The van der Waals surface area contributed by atoms with Crippen LogP contribution in [0.15, 0.2) is 54.2 Å². The van der Waals surface area contributed by atoms with Crippen LogP contribution in [0.5, 0.6) is 0 Å². The second-order valence-electron chi connectivity index (χ2n) is 7.10. The molecule has 30 heavy (non-hydrogen) atoms. The molecule has 1 aliphatic rings.